The number of hydrogen-bond acceptors (Lipinski definition) is 3. The van der Waals surface area contributed by atoms with E-state index < -0.39 is 0 Å². The van der Waals surface area contributed by atoms with E-state index in [0.717, 1.165) is 11.3 Å². The Morgan fingerprint density at radius 3 is 2.73 bits per heavy atom. The van der Waals surface area contributed by atoms with Gasteiger partial charge in [-0.2, -0.15) is 0 Å². The zero-order chi connectivity index (χ0) is 11.3. The maximum absolute atomic E-state index is 11.1. The minimum absolute atomic E-state index is 0.146. The van der Waals surface area contributed by atoms with Crippen molar-refractivity contribution in [1.29, 1.82) is 0 Å². The minimum Gasteiger partial charge on any atom is -0.497 e. The summed E-state index contributed by atoms with van der Waals surface area (Å²) in [5.74, 6) is 0.766. The van der Waals surface area contributed by atoms with Crippen molar-refractivity contribution < 1.29 is 14.3 Å². The molecule has 1 unspecified atom stereocenters. The standard InChI is InChI=1S/C12H16O3/c1-9(7-12(13)15-3)10-5-4-6-11(8-10)14-2/h4-6,8-9H,7H2,1-3H3. The molecule has 0 aliphatic carbocycles. The molecule has 0 heterocycles. The summed E-state index contributed by atoms with van der Waals surface area (Å²) in [6.07, 6.45) is 0.393. The van der Waals surface area contributed by atoms with Crippen molar-refractivity contribution >= 4 is 5.97 Å². The van der Waals surface area contributed by atoms with Gasteiger partial charge in [0.05, 0.1) is 20.6 Å². The molecule has 0 radical (unpaired) electrons. The molecular weight excluding hydrogens is 192 g/mol. The Bertz CT molecular complexity index is 333. The van der Waals surface area contributed by atoms with Crippen LogP contribution in [0.4, 0.5) is 0 Å². The van der Waals surface area contributed by atoms with Gasteiger partial charge in [-0.3, -0.25) is 4.79 Å². The second-order valence-corrected chi connectivity index (χ2v) is 3.46. The smallest absolute Gasteiger partial charge is 0.306 e. The lowest BCUT2D eigenvalue weighted by molar-refractivity contribution is -0.140. The molecule has 82 valence electrons. The molecule has 1 aromatic rings. The monoisotopic (exact) mass is 208 g/mol. The largest absolute Gasteiger partial charge is 0.497 e. The third-order valence-corrected chi connectivity index (χ3v) is 2.36. The van der Waals surface area contributed by atoms with E-state index in [2.05, 4.69) is 4.74 Å². The van der Waals surface area contributed by atoms with Crippen LogP contribution in [0.5, 0.6) is 5.75 Å². The van der Waals surface area contributed by atoms with Gasteiger partial charge in [-0.25, -0.2) is 0 Å². The van der Waals surface area contributed by atoms with Gasteiger partial charge in [0.15, 0.2) is 0 Å². The number of ether oxygens (including phenoxy) is 2. The molecule has 0 aliphatic rings. The van der Waals surface area contributed by atoms with E-state index in [1.54, 1.807) is 7.11 Å². The highest BCUT2D eigenvalue weighted by Gasteiger charge is 2.11. The molecular formula is C12H16O3. The highest BCUT2D eigenvalue weighted by molar-refractivity contribution is 5.70. The van der Waals surface area contributed by atoms with Crippen LogP contribution in [0.25, 0.3) is 0 Å². The topological polar surface area (TPSA) is 35.5 Å². The molecule has 0 N–H and O–H groups in total. The number of rotatable bonds is 4. The maximum Gasteiger partial charge on any atom is 0.306 e. The first-order valence-electron chi connectivity index (χ1n) is 4.88. The lowest BCUT2D eigenvalue weighted by atomic mass is 9.98. The van der Waals surface area contributed by atoms with Gasteiger partial charge in [0.2, 0.25) is 0 Å². The number of esters is 1. The molecule has 0 amide bonds. The number of carbonyl (C=O) groups is 1. The highest BCUT2D eigenvalue weighted by Crippen LogP contribution is 2.23. The number of hydrogen-bond donors (Lipinski definition) is 0. The fraction of sp³-hybridized carbons (Fsp3) is 0.417. The molecule has 3 nitrogen and oxygen atoms in total. The van der Waals surface area contributed by atoms with Gasteiger partial charge in [0.1, 0.15) is 5.75 Å². The van der Waals surface area contributed by atoms with Crippen LogP contribution in [0.1, 0.15) is 24.8 Å². The van der Waals surface area contributed by atoms with Crippen LogP contribution in [-0.2, 0) is 9.53 Å². The lowest BCUT2D eigenvalue weighted by Crippen LogP contribution is -2.06. The Morgan fingerprint density at radius 1 is 1.40 bits per heavy atom. The molecule has 15 heavy (non-hydrogen) atoms. The van der Waals surface area contributed by atoms with E-state index >= 15 is 0 Å². The summed E-state index contributed by atoms with van der Waals surface area (Å²) >= 11 is 0. The van der Waals surface area contributed by atoms with Crippen molar-refractivity contribution in [3.05, 3.63) is 29.8 Å². The van der Waals surface area contributed by atoms with E-state index in [0.29, 0.717) is 6.42 Å². The van der Waals surface area contributed by atoms with Crippen LogP contribution in [0.2, 0.25) is 0 Å². The zero-order valence-corrected chi connectivity index (χ0v) is 9.32. The van der Waals surface area contributed by atoms with Crippen molar-refractivity contribution in [3.8, 4) is 5.75 Å². The number of carbonyl (C=O) groups excluding carboxylic acids is 1. The summed E-state index contributed by atoms with van der Waals surface area (Å²) < 4.78 is 9.75. The molecule has 0 spiro atoms. The zero-order valence-electron chi connectivity index (χ0n) is 9.32. The lowest BCUT2D eigenvalue weighted by Gasteiger charge is -2.11. The first-order chi connectivity index (χ1) is 7.17. The normalized spacial score (nSPS) is 11.9. The summed E-state index contributed by atoms with van der Waals surface area (Å²) in [5, 5.41) is 0. The Balaban J connectivity index is 2.72. The molecule has 0 saturated heterocycles. The maximum atomic E-state index is 11.1. The van der Waals surface area contributed by atoms with Gasteiger partial charge in [-0.1, -0.05) is 19.1 Å². The summed E-state index contributed by atoms with van der Waals surface area (Å²) in [5.41, 5.74) is 1.08. The highest BCUT2D eigenvalue weighted by atomic mass is 16.5. The number of methoxy groups -OCH3 is 2. The van der Waals surface area contributed by atoms with E-state index in [4.69, 9.17) is 4.74 Å². The Hall–Kier alpha value is -1.51. The van der Waals surface area contributed by atoms with Crippen LogP contribution in [0.15, 0.2) is 24.3 Å². The van der Waals surface area contributed by atoms with Crippen LogP contribution in [-0.4, -0.2) is 20.2 Å². The molecule has 0 fully saturated rings. The molecule has 1 aromatic carbocycles. The summed E-state index contributed by atoms with van der Waals surface area (Å²) in [6.45, 7) is 1.99. The minimum atomic E-state index is -0.190. The molecule has 3 heteroatoms. The van der Waals surface area contributed by atoms with Gasteiger partial charge in [-0.15, -0.1) is 0 Å². The summed E-state index contributed by atoms with van der Waals surface area (Å²) in [6, 6.07) is 7.72. The van der Waals surface area contributed by atoms with Crippen molar-refractivity contribution in [3.63, 3.8) is 0 Å². The fourth-order valence-electron chi connectivity index (χ4n) is 1.40. The van der Waals surface area contributed by atoms with Crippen molar-refractivity contribution in [2.45, 2.75) is 19.3 Å². The summed E-state index contributed by atoms with van der Waals surface area (Å²) in [7, 11) is 3.03. The average molecular weight is 208 g/mol. The number of benzene rings is 1. The van der Waals surface area contributed by atoms with E-state index in [1.807, 2.05) is 31.2 Å². The van der Waals surface area contributed by atoms with Gasteiger partial charge >= 0.3 is 5.97 Å². The van der Waals surface area contributed by atoms with E-state index in [9.17, 15) is 4.79 Å². The SMILES string of the molecule is COC(=O)CC(C)c1cccc(OC)c1. The first-order valence-corrected chi connectivity index (χ1v) is 4.88. The second-order valence-electron chi connectivity index (χ2n) is 3.46. The molecule has 1 rings (SSSR count). The quantitative estimate of drug-likeness (QED) is 0.712. The molecule has 0 saturated carbocycles. The fourth-order valence-corrected chi connectivity index (χ4v) is 1.40. The molecule has 0 bridgehead atoms. The van der Waals surface area contributed by atoms with Crippen LogP contribution in [0, 0.1) is 0 Å². The van der Waals surface area contributed by atoms with Crippen molar-refractivity contribution in [2.75, 3.05) is 14.2 Å². The predicted octanol–water partition coefficient (Wildman–Crippen LogP) is 2.36. The Labute approximate surface area is 90.0 Å². The van der Waals surface area contributed by atoms with Crippen LogP contribution in [0.3, 0.4) is 0 Å². The van der Waals surface area contributed by atoms with Crippen molar-refractivity contribution in [1.82, 2.24) is 0 Å². The van der Waals surface area contributed by atoms with E-state index in [1.165, 1.54) is 7.11 Å². The Kier molecular flexibility index (Phi) is 4.16. The molecule has 1 atom stereocenters. The van der Waals surface area contributed by atoms with Crippen molar-refractivity contribution in [2.24, 2.45) is 0 Å². The molecule has 0 aromatic heterocycles. The Morgan fingerprint density at radius 2 is 2.13 bits per heavy atom. The van der Waals surface area contributed by atoms with Gasteiger partial charge in [-0.05, 0) is 23.6 Å². The van der Waals surface area contributed by atoms with Crippen LogP contribution >= 0.6 is 0 Å². The van der Waals surface area contributed by atoms with Gasteiger partial charge < -0.3 is 9.47 Å². The van der Waals surface area contributed by atoms with Gasteiger partial charge in [0.25, 0.3) is 0 Å². The van der Waals surface area contributed by atoms with Crippen LogP contribution < -0.4 is 4.74 Å². The third kappa shape index (κ3) is 3.27. The first kappa shape index (κ1) is 11.6. The predicted molar refractivity (Wildman–Crippen MR) is 58.0 cm³/mol. The summed E-state index contributed by atoms with van der Waals surface area (Å²) in [4.78, 5) is 11.1. The second kappa shape index (κ2) is 5.39. The van der Waals surface area contributed by atoms with E-state index in [-0.39, 0.29) is 11.9 Å². The molecule has 0 aliphatic heterocycles. The van der Waals surface area contributed by atoms with Gasteiger partial charge in [0, 0.05) is 0 Å². The average Bonchev–Trinajstić information content (AvgIpc) is 2.28. The third-order valence-electron chi connectivity index (χ3n) is 2.36.